The molecule has 0 spiro atoms. The first-order valence-corrected chi connectivity index (χ1v) is 9.81. The Kier molecular flexibility index (Phi) is 6.59. The topological polar surface area (TPSA) is 115 Å². The van der Waals surface area contributed by atoms with E-state index >= 15 is 0 Å². The monoisotopic (exact) mass is 429 g/mol. The number of rotatable bonds is 5. The average Bonchev–Trinajstić information content (AvgIpc) is 2.69. The maximum absolute atomic E-state index is 12.6. The fourth-order valence-corrected chi connectivity index (χ4v) is 3.59. The number of piperazine rings is 1. The SMILES string of the molecule is C=C(N)c1cncc(OC(=O)N2CCN(Cc3ccc(Cl)c(C(N)=O)c3)C[C@H]2C)c1. The number of hydrogen-bond donors (Lipinski definition) is 2. The van der Waals surface area contributed by atoms with Gasteiger partial charge in [0.05, 0.1) is 16.8 Å². The van der Waals surface area contributed by atoms with Crippen molar-refractivity contribution in [1.29, 1.82) is 0 Å². The van der Waals surface area contributed by atoms with Crippen molar-refractivity contribution in [2.45, 2.75) is 19.5 Å². The highest BCUT2D eigenvalue weighted by atomic mass is 35.5. The molecule has 8 nitrogen and oxygen atoms in total. The van der Waals surface area contributed by atoms with Gasteiger partial charge < -0.3 is 21.1 Å². The number of pyridine rings is 1. The third-order valence-corrected chi connectivity index (χ3v) is 5.27. The molecule has 1 aromatic heterocycles. The van der Waals surface area contributed by atoms with Crippen molar-refractivity contribution in [3.05, 3.63) is 65.0 Å². The third kappa shape index (κ3) is 5.08. The van der Waals surface area contributed by atoms with Crippen molar-refractivity contribution >= 4 is 29.3 Å². The van der Waals surface area contributed by atoms with Crippen LogP contribution in [0.4, 0.5) is 4.79 Å². The summed E-state index contributed by atoms with van der Waals surface area (Å²) in [6.07, 6.45) is 2.58. The number of carbonyl (C=O) groups is 2. The standard InChI is InChI=1S/C21H24ClN5O3/c1-13-11-26(12-15-3-4-19(22)18(7-15)20(24)28)5-6-27(13)21(29)30-17-8-16(14(2)23)9-25-10-17/h3-4,7-10,13H,2,5-6,11-12,23H2,1H3,(H2,24,28)/t13-/m1/s1. The van der Waals surface area contributed by atoms with Gasteiger partial charge in [-0.15, -0.1) is 0 Å². The number of halogens is 1. The van der Waals surface area contributed by atoms with Crippen LogP contribution in [0.3, 0.4) is 0 Å². The molecular weight excluding hydrogens is 406 g/mol. The van der Waals surface area contributed by atoms with Gasteiger partial charge in [-0.25, -0.2) is 4.79 Å². The average molecular weight is 430 g/mol. The zero-order chi connectivity index (χ0) is 21.8. The lowest BCUT2D eigenvalue weighted by Gasteiger charge is -2.39. The molecule has 0 saturated carbocycles. The predicted octanol–water partition coefficient (Wildman–Crippen LogP) is 2.47. The Morgan fingerprint density at radius 1 is 1.27 bits per heavy atom. The summed E-state index contributed by atoms with van der Waals surface area (Å²) < 4.78 is 5.47. The van der Waals surface area contributed by atoms with Crippen LogP contribution in [0.15, 0.2) is 43.2 Å². The Bertz CT molecular complexity index is 981. The van der Waals surface area contributed by atoms with Gasteiger partial charge >= 0.3 is 6.09 Å². The van der Waals surface area contributed by atoms with Crippen molar-refractivity contribution < 1.29 is 14.3 Å². The predicted molar refractivity (Wildman–Crippen MR) is 115 cm³/mol. The van der Waals surface area contributed by atoms with E-state index in [4.69, 9.17) is 27.8 Å². The number of nitrogens with two attached hydrogens (primary N) is 2. The zero-order valence-corrected chi connectivity index (χ0v) is 17.4. The summed E-state index contributed by atoms with van der Waals surface area (Å²) >= 11 is 6.02. The number of primary amides is 1. The van der Waals surface area contributed by atoms with E-state index in [1.165, 1.54) is 6.20 Å². The van der Waals surface area contributed by atoms with Crippen LogP contribution in [-0.2, 0) is 6.54 Å². The fourth-order valence-electron chi connectivity index (χ4n) is 3.38. The van der Waals surface area contributed by atoms with E-state index in [9.17, 15) is 9.59 Å². The fraction of sp³-hybridized carbons (Fsp3) is 0.286. The number of hydrogen-bond acceptors (Lipinski definition) is 6. The van der Waals surface area contributed by atoms with Gasteiger partial charge in [0.25, 0.3) is 0 Å². The van der Waals surface area contributed by atoms with Crippen LogP contribution >= 0.6 is 11.6 Å². The van der Waals surface area contributed by atoms with Crippen LogP contribution in [0.5, 0.6) is 5.75 Å². The normalized spacial score (nSPS) is 16.9. The van der Waals surface area contributed by atoms with E-state index in [-0.39, 0.29) is 6.04 Å². The first-order chi connectivity index (χ1) is 14.2. The number of amides is 2. The molecule has 4 N–H and O–H groups in total. The van der Waals surface area contributed by atoms with Gasteiger partial charge in [0.15, 0.2) is 5.75 Å². The van der Waals surface area contributed by atoms with Gasteiger partial charge in [0.2, 0.25) is 5.91 Å². The quantitative estimate of drug-likeness (QED) is 0.754. The van der Waals surface area contributed by atoms with Gasteiger partial charge in [0, 0.05) is 49.7 Å². The zero-order valence-electron chi connectivity index (χ0n) is 16.7. The first kappa shape index (κ1) is 21.6. The summed E-state index contributed by atoms with van der Waals surface area (Å²) in [5, 5.41) is 0.337. The Morgan fingerprint density at radius 3 is 2.70 bits per heavy atom. The van der Waals surface area contributed by atoms with Gasteiger partial charge in [-0.1, -0.05) is 24.2 Å². The molecule has 30 heavy (non-hydrogen) atoms. The summed E-state index contributed by atoms with van der Waals surface area (Å²) in [5.41, 5.74) is 13.2. The van der Waals surface area contributed by atoms with E-state index < -0.39 is 12.0 Å². The highest BCUT2D eigenvalue weighted by molar-refractivity contribution is 6.33. The Labute approximate surface area is 180 Å². The molecule has 1 fully saturated rings. The van der Waals surface area contributed by atoms with Crippen LogP contribution < -0.4 is 16.2 Å². The van der Waals surface area contributed by atoms with Gasteiger partial charge in [-0.2, -0.15) is 0 Å². The second-order valence-electron chi connectivity index (χ2n) is 7.26. The molecule has 1 aliphatic rings. The number of nitrogens with zero attached hydrogens (tertiary/aromatic N) is 3. The van der Waals surface area contributed by atoms with Crippen LogP contribution in [0.1, 0.15) is 28.4 Å². The number of ether oxygens (including phenoxy) is 1. The van der Waals surface area contributed by atoms with E-state index in [0.29, 0.717) is 53.8 Å². The Morgan fingerprint density at radius 2 is 2.03 bits per heavy atom. The summed E-state index contributed by atoms with van der Waals surface area (Å²) in [6, 6.07) is 6.82. The minimum absolute atomic E-state index is 0.0604. The van der Waals surface area contributed by atoms with E-state index in [2.05, 4.69) is 16.5 Å². The highest BCUT2D eigenvalue weighted by Crippen LogP contribution is 2.21. The van der Waals surface area contributed by atoms with Crippen LogP contribution in [0.25, 0.3) is 5.70 Å². The summed E-state index contributed by atoms with van der Waals surface area (Å²) in [7, 11) is 0. The molecule has 158 valence electrons. The number of benzene rings is 1. The minimum Gasteiger partial charge on any atom is -0.409 e. The summed E-state index contributed by atoms with van der Waals surface area (Å²) in [4.78, 5) is 32.0. The van der Waals surface area contributed by atoms with E-state index in [1.807, 2.05) is 13.0 Å². The largest absolute Gasteiger partial charge is 0.415 e. The lowest BCUT2D eigenvalue weighted by atomic mass is 10.1. The molecule has 1 saturated heterocycles. The lowest BCUT2D eigenvalue weighted by molar-refractivity contribution is 0.0751. The highest BCUT2D eigenvalue weighted by Gasteiger charge is 2.29. The maximum atomic E-state index is 12.6. The van der Waals surface area contributed by atoms with Crippen molar-refractivity contribution in [2.24, 2.45) is 11.5 Å². The molecular formula is C21H24ClN5O3. The van der Waals surface area contributed by atoms with Crippen LogP contribution in [0.2, 0.25) is 5.02 Å². The summed E-state index contributed by atoms with van der Waals surface area (Å²) in [6.45, 7) is 8.06. The first-order valence-electron chi connectivity index (χ1n) is 9.43. The second kappa shape index (κ2) is 9.15. The van der Waals surface area contributed by atoms with Crippen molar-refractivity contribution in [3.63, 3.8) is 0 Å². The molecule has 1 aromatic carbocycles. The third-order valence-electron chi connectivity index (χ3n) is 4.94. The Hall–Kier alpha value is -3.10. The van der Waals surface area contributed by atoms with E-state index in [1.54, 1.807) is 29.3 Å². The summed E-state index contributed by atoms with van der Waals surface area (Å²) in [5.74, 6) is -0.238. The maximum Gasteiger partial charge on any atom is 0.415 e. The van der Waals surface area contributed by atoms with Crippen LogP contribution in [-0.4, -0.2) is 52.5 Å². The molecule has 9 heteroatoms. The van der Waals surface area contributed by atoms with Gasteiger partial charge in [0.1, 0.15) is 0 Å². The molecule has 3 rings (SSSR count). The molecule has 1 aliphatic heterocycles. The molecule has 2 aromatic rings. The smallest absolute Gasteiger partial charge is 0.409 e. The number of carbonyl (C=O) groups excluding carboxylic acids is 2. The van der Waals surface area contributed by atoms with Crippen molar-refractivity contribution in [1.82, 2.24) is 14.8 Å². The molecule has 0 bridgehead atoms. The van der Waals surface area contributed by atoms with Gasteiger partial charge in [-0.3, -0.25) is 14.7 Å². The van der Waals surface area contributed by atoms with Gasteiger partial charge in [-0.05, 0) is 30.7 Å². The van der Waals surface area contributed by atoms with Crippen molar-refractivity contribution in [2.75, 3.05) is 19.6 Å². The van der Waals surface area contributed by atoms with E-state index in [0.717, 1.165) is 5.56 Å². The minimum atomic E-state index is -0.556. The van der Waals surface area contributed by atoms with Crippen molar-refractivity contribution in [3.8, 4) is 5.75 Å². The molecule has 1 atom stereocenters. The Balaban J connectivity index is 1.60. The van der Waals surface area contributed by atoms with Crippen LogP contribution in [0, 0.1) is 0 Å². The lowest BCUT2D eigenvalue weighted by Crippen LogP contribution is -2.54. The molecule has 0 aliphatic carbocycles. The molecule has 2 amide bonds. The molecule has 0 unspecified atom stereocenters. The number of aromatic nitrogens is 1. The molecule has 0 radical (unpaired) electrons. The molecule has 2 heterocycles. The second-order valence-corrected chi connectivity index (χ2v) is 7.67.